The zero-order valence-electron chi connectivity index (χ0n) is 11.2. The summed E-state index contributed by atoms with van der Waals surface area (Å²) in [4.78, 5) is 2.49. The highest BCUT2D eigenvalue weighted by Gasteiger charge is 2.17. The van der Waals surface area contributed by atoms with Crippen molar-refractivity contribution in [3.8, 4) is 0 Å². The van der Waals surface area contributed by atoms with E-state index in [4.69, 9.17) is 0 Å². The van der Waals surface area contributed by atoms with Crippen LogP contribution in [-0.2, 0) is 13.1 Å². The van der Waals surface area contributed by atoms with Gasteiger partial charge in [-0.2, -0.15) is 0 Å². The van der Waals surface area contributed by atoms with Gasteiger partial charge in [0.15, 0.2) is 0 Å². The van der Waals surface area contributed by atoms with E-state index in [1.807, 2.05) is 0 Å². The van der Waals surface area contributed by atoms with Gasteiger partial charge in [-0.3, -0.25) is 0 Å². The summed E-state index contributed by atoms with van der Waals surface area (Å²) in [5, 5.41) is 3.58. The number of likely N-dealkylation sites (tertiary alicyclic amines) is 1. The Bertz CT molecular complexity index is 332. The first kappa shape index (κ1) is 12.7. The van der Waals surface area contributed by atoms with Crippen LogP contribution in [0.25, 0.3) is 0 Å². The summed E-state index contributed by atoms with van der Waals surface area (Å²) in [7, 11) is 2.25. The molecule has 1 aliphatic heterocycles. The van der Waals surface area contributed by atoms with Gasteiger partial charge in [0.2, 0.25) is 0 Å². The Kier molecular flexibility index (Phi) is 4.63. The highest BCUT2D eigenvalue weighted by atomic mass is 15.2. The second kappa shape index (κ2) is 6.22. The van der Waals surface area contributed by atoms with Crippen LogP contribution in [0.15, 0.2) is 18.5 Å². The highest BCUT2D eigenvalue weighted by molar-refractivity contribution is 5.09. The first-order valence-corrected chi connectivity index (χ1v) is 6.85. The molecule has 0 radical (unpaired) electrons. The van der Waals surface area contributed by atoms with Gasteiger partial charge < -0.3 is 14.8 Å². The standard InChI is InChI=1S/C14H25N3/c1-3-17-9-7-13(12-17)10-15-11-14-6-4-5-8-16(14)2/h7,9,12,14-15H,3-6,8,10-11H2,1-2H3. The maximum atomic E-state index is 3.58. The Morgan fingerprint density at radius 3 is 3.00 bits per heavy atom. The van der Waals surface area contributed by atoms with Crippen LogP contribution >= 0.6 is 0 Å². The lowest BCUT2D eigenvalue weighted by Crippen LogP contribution is -2.42. The third-order valence-electron chi connectivity index (χ3n) is 3.81. The van der Waals surface area contributed by atoms with Crippen molar-refractivity contribution in [2.45, 2.75) is 45.3 Å². The van der Waals surface area contributed by atoms with Gasteiger partial charge in [0.05, 0.1) is 0 Å². The fraction of sp³-hybridized carbons (Fsp3) is 0.714. The molecule has 0 bridgehead atoms. The van der Waals surface area contributed by atoms with E-state index in [1.54, 1.807) is 0 Å². The molecule has 1 aliphatic rings. The smallest absolute Gasteiger partial charge is 0.0221 e. The fourth-order valence-corrected chi connectivity index (χ4v) is 2.58. The molecule has 1 atom stereocenters. The van der Waals surface area contributed by atoms with Crippen LogP contribution < -0.4 is 5.32 Å². The van der Waals surface area contributed by atoms with Crippen molar-refractivity contribution in [2.24, 2.45) is 0 Å². The normalized spacial score (nSPS) is 21.9. The van der Waals surface area contributed by atoms with Crippen molar-refractivity contribution in [3.05, 3.63) is 24.0 Å². The first-order valence-electron chi connectivity index (χ1n) is 6.85. The van der Waals surface area contributed by atoms with Gasteiger partial charge in [-0.1, -0.05) is 6.42 Å². The van der Waals surface area contributed by atoms with Crippen molar-refractivity contribution >= 4 is 0 Å². The third-order valence-corrected chi connectivity index (χ3v) is 3.81. The van der Waals surface area contributed by atoms with E-state index < -0.39 is 0 Å². The van der Waals surface area contributed by atoms with Crippen LogP contribution in [0.1, 0.15) is 31.7 Å². The number of nitrogens with one attached hydrogen (secondary N) is 1. The predicted octanol–water partition coefficient (Wildman–Crippen LogP) is 2.08. The van der Waals surface area contributed by atoms with Crippen LogP contribution in [0, 0.1) is 0 Å². The van der Waals surface area contributed by atoms with Gasteiger partial charge in [0.25, 0.3) is 0 Å². The van der Waals surface area contributed by atoms with Gasteiger partial charge in [-0.15, -0.1) is 0 Å². The lowest BCUT2D eigenvalue weighted by Gasteiger charge is -2.32. The molecule has 3 nitrogen and oxygen atoms in total. The maximum Gasteiger partial charge on any atom is 0.0221 e. The minimum atomic E-state index is 0.733. The summed E-state index contributed by atoms with van der Waals surface area (Å²) in [6.45, 7) is 6.61. The highest BCUT2D eigenvalue weighted by Crippen LogP contribution is 2.14. The summed E-state index contributed by atoms with van der Waals surface area (Å²) >= 11 is 0. The maximum absolute atomic E-state index is 3.58. The molecule has 1 saturated heterocycles. The van der Waals surface area contributed by atoms with Crippen LogP contribution in [0.3, 0.4) is 0 Å². The SMILES string of the molecule is CCn1ccc(CNCC2CCCCN2C)c1. The predicted molar refractivity (Wildman–Crippen MR) is 72.1 cm³/mol. The van der Waals surface area contributed by atoms with E-state index in [1.165, 1.54) is 31.4 Å². The Balaban J connectivity index is 1.71. The van der Waals surface area contributed by atoms with Crippen LogP contribution in [0.2, 0.25) is 0 Å². The minimum Gasteiger partial charge on any atom is -0.354 e. The quantitative estimate of drug-likeness (QED) is 0.843. The Morgan fingerprint density at radius 2 is 2.29 bits per heavy atom. The molecule has 0 saturated carbocycles. The molecule has 0 amide bonds. The van der Waals surface area contributed by atoms with E-state index >= 15 is 0 Å². The number of likely N-dealkylation sites (N-methyl/N-ethyl adjacent to an activating group) is 1. The summed E-state index contributed by atoms with van der Waals surface area (Å²) in [5.74, 6) is 0. The third kappa shape index (κ3) is 3.58. The second-order valence-corrected chi connectivity index (χ2v) is 5.11. The van der Waals surface area contributed by atoms with E-state index in [-0.39, 0.29) is 0 Å². The van der Waals surface area contributed by atoms with Gasteiger partial charge in [-0.25, -0.2) is 0 Å². The summed E-state index contributed by atoms with van der Waals surface area (Å²) in [6.07, 6.45) is 8.50. The van der Waals surface area contributed by atoms with Crippen LogP contribution in [0.5, 0.6) is 0 Å². The number of hydrogen-bond donors (Lipinski definition) is 1. The van der Waals surface area contributed by atoms with Crippen molar-refractivity contribution < 1.29 is 0 Å². The van der Waals surface area contributed by atoms with Gasteiger partial charge in [0, 0.05) is 38.1 Å². The molecule has 2 heterocycles. The van der Waals surface area contributed by atoms with Crippen molar-refractivity contribution in [1.29, 1.82) is 0 Å². The number of nitrogens with zero attached hydrogens (tertiary/aromatic N) is 2. The topological polar surface area (TPSA) is 20.2 Å². The molecule has 1 fully saturated rings. The van der Waals surface area contributed by atoms with Crippen LogP contribution in [0.4, 0.5) is 0 Å². The lowest BCUT2D eigenvalue weighted by molar-refractivity contribution is 0.181. The zero-order valence-corrected chi connectivity index (χ0v) is 11.2. The Labute approximate surface area is 105 Å². The molecular formula is C14H25N3. The largest absolute Gasteiger partial charge is 0.354 e. The van der Waals surface area contributed by atoms with Crippen LogP contribution in [-0.4, -0.2) is 35.6 Å². The number of aryl methyl sites for hydroxylation is 1. The van der Waals surface area contributed by atoms with E-state index in [2.05, 4.69) is 47.2 Å². The molecule has 1 N–H and O–H groups in total. The van der Waals surface area contributed by atoms with Gasteiger partial charge in [0.1, 0.15) is 0 Å². The van der Waals surface area contributed by atoms with E-state index in [9.17, 15) is 0 Å². The molecule has 1 unspecified atom stereocenters. The molecule has 0 aromatic carbocycles. The summed E-state index contributed by atoms with van der Waals surface area (Å²) in [6, 6.07) is 2.94. The van der Waals surface area contributed by atoms with Crippen molar-refractivity contribution in [1.82, 2.24) is 14.8 Å². The molecule has 1 aromatic rings. The molecule has 96 valence electrons. The lowest BCUT2D eigenvalue weighted by atomic mass is 10.0. The molecule has 17 heavy (non-hydrogen) atoms. The number of aromatic nitrogens is 1. The molecule has 0 spiro atoms. The molecule has 3 heteroatoms. The van der Waals surface area contributed by atoms with E-state index in [0.29, 0.717) is 0 Å². The first-order chi connectivity index (χ1) is 8.29. The molecule has 1 aromatic heterocycles. The number of rotatable bonds is 5. The fourth-order valence-electron chi connectivity index (χ4n) is 2.58. The van der Waals surface area contributed by atoms with E-state index in [0.717, 1.165) is 25.7 Å². The molecular weight excluding hydrogens is 210 g/mol. The number of hydrogen-bond acceptors (Lipinski definition) is 2. The summed E-state index contributed by atoms with van der Waals surface area (Å²) < 4.78 is 2.23. The Hall–Kier alpha value is -0.800. The van der Waals surface area contributed by atoms with Crippen molar-refractivity contribution in [2.75, 3.05) is 20.1 Å². The summed E-state index contributed by atoms with van der Waals surface area (Å²) in [5.41, 5.74) is 1.39. The van der Waals surface area contributed by atoms with Gasteiger partial charge in [-0.05, 0) is 45.0 Å². The Morgan fingerprint density at radius 1 is 1.41 bits per heavy atom. The monoisotopic (exact) mass is 235 g/mol. The number of piperidine rings is 1. The minimum absolute atomic E-state index is 0.733. The average molecular weight is 235 g/mol. The average Bonchev–Trinajstić information content (AvgIpc) is 2.80. The molecule has 2 rings (SSSR count). The van der Waals surface area contributed by atoms with Crippen molar-refractivity contribution in [3.63, 3.8) is 0 Å². The second-order valence-electron chi connectivity index (χ2n) is 5.11. The zero-order chi connectivity index (χ0) is 12.1. The van der Waals surface area contributed by atoms with Gasteiger partial charge >= 0.3 is 0 Å². The molecule has 0 aliphatic carbocycles.